The zero-order chi connectivity index (χ0) is 22.0. The van der Waals surface area contributed by atoms with E-state index in [4.69, 9.17) is 9.47 Å². The van der Waals surface area contributed by atoms with E-state index in [2.05, 4.69) is 15.6 Å². The quantitative estimate of drug-likeness (QED) is 0.195. The normalized spacial score (nSPS) is 15.0. The first-order valence-corrected chi connectivity index (χ1v) is 10.3. The molecule has 1 aromatic carbocycles. The van der Waals surface area contributed by atoms with Crippen molar-refractivity contribution in [3.05, 3.63) is 23.8 Å². The molecule has 2 rings (SSSR count). The summed E-state index contributed by atoms with van der Waals surface area (Å²) in [6.07, 6.45) is 1.08. The molecule has 0 saturated heterocycles. The van der Waals surface area contributed by atoms with Crippen LogP contribution >= 0.6 is 24.0 Å². The highest BCUT2D eigenvalue weighted by Gasteiger charge is 2.28. The number of guanidine groups is 1. The molecule has 178 valence electrons. The van der Waals surface area contributed by atoms with Gasteiger partial charge in [-0.15, -0.1) is 24.0 Å². The van der Waals surface area contributed by atoms with Crippen LogP contribution < -0.4 is 20.1 Å². The maximum atomic E-state index is 12.4. The van der Waals surface area contributed by atoms with Crippen LogP contribution in [0.2, 0.25) is 0 Å². The molecule has 0 aromatic heterocycles. The second-order valence-corrected chi connectivity index (χ2v) is 7.53. The second-order valence-electron chi connectivity index (χ2n) is 7.53. The average Bonchev–Trinajstić information content (AvgIpc) is 3.20. The van der Waals surface area contributed by atoms with E-state index in [9.17, 15) is 13.2 Å². The van der Waals surface area contributed by atoms with Gasteiger partial charge in [-0.25, -0.2) is 0 Å². The van der Waals surface area contributed by atoms with Crippen LogP contribution in [0.1, 0.15) is 37.7 Å². The summed E-state index contributed by atoms with van der Waals surface area (Å²) in [4.78, 5) is 5.45. The number of nitrogens with one attached hydrogen (secondary N) is 2. The fraction of sp³-hybridized carbons (Fsp3) is 0.667. The minimum atomic E-state index is -4.17. The average molecular weight is 558 g/mol. The molecule has 6 nitrogen and oxygen atoms in total. The van der Waals surface area contributed by atoms with E-state index in [1.807, 2.05) is 18.2 Å². The maximum Gasteiger partial charge on any atom is 0.401 e. The summed E-state index contributed by atoms with van der Waals surface area (Å²) in [5.74, 6) is 2.04. The van der Waals surface area contributed by atoms with E-state index in [-0.39, 0.29) is 30.1 Å². The third-order valence-corrected chi connectivity index (χ3v) is 5.00. The number of para-hydroxylation sites is 1. The van der Waals surface area contributed by atoms with Gasteiger partial charge in [-0.1, -0.05) is 12.1 Å². The highest BCUT2D eigenvalue weighted by Crippen LogP contribution is 2.34. The van der Waals surface area contributed by atoms with Gasteiger partial charge in [-0.3, -0.25) is 9.89 Å². The van der Waals surface area contributed by atoms with Crippen LogP contribution in [0.15, 0.2) is 23.2 Å². The van der Waals surface area contributed by atoms with Crippen molar-refractivity contribution in [2.75, 3.05) is 40.8 Å². The fourth-order valence-corrected chi connectivity index (χ4v) is 3.51. The Labute approximate surface area is 200 Å². The van der Waals surface area contributed by atoms with Gasteiger partial charge in [0.15, 0.2) is 17.5 Å². The van der Waals surface area contributed by atoms with Gasteiger partial charge in [0.2, 0.25) is 0 Å². The van der Waals surface area contributed by atoms with Crippen LogP contribution in [0, 0.1) is 0 Å². The number of benzene rings is 1. The minimum absolute atomic E-state index is 0. The molecule has 1 saturated carbocycles. The third kappa shape index (κ3) is 10.2. The van der Waals surface area contributed by atoms with Crippen LogP contribution in [-0.4, -0.2) is 64.0 Å². The minimum Gasteiger partial charge on any atom is -0.493 e. The number of halogens is 4. The monoisotopic (exact) mass is 558 g/mol. The summed E-state index contributed by atoms with van der Waals surface area (Å²) in [5.41, 5.74) is 0.967. The highest BCUT2D eigenvalue weighted by molar-refractivity contribution is 14.0. The number of alkyl halides is 3. The van der Waals surface area contributed by atoms with Crippen LogP contribution in [0.3, 0.4) is 0 Å². The Morgan fingerprint density at radius 2 is 1.94 bits per heavy atom. The molecule has 0 aliphatic heterocycles. The summed E-state index contributed by atoms with van der Waals surface area (Å²) < 4.78 is 48.8. The molecular weight excluding hydrogens is 524 g/mol. The smallest absolute Gasteiger partial charge is 0.401 e. The molecule has 31 heavy (non-hydrogen) atoms. The second kappa shape index (κ2) is 13.9. The van der Waals surface area contributed by atoms with Crippen LogP contribution in [0.4, 0.5) is 13.2 Å². The number of rotatable bonds is 10. The number of aliphatic imine (C=N–C) groups is 1. The Kier molecular flexibility index (Phi) is 12.3. The Balaban J connectivity index is 0.00000480. The molecule has 0 bridgehead atoms. The van der Waals surface area contributed by atoms with Crippen molar-refractivity contribution >= 4 is 29.9 Å². The SMILES string of the molecule is CN=C(NCCCN(C)CC(F)(F)F)NCc1cccc(OC)c1OC1CCCC1.I. The third-order valence-electron chi connectivity index (χ3n) is 5.00. The maximum absolute atomic E-state index is 12.4. The molecular formula is C21H34F3IN4O2. The Hall–Kier alpha value is -1.43. The molecule has 1 aromatic rings. The molecule has 0 atom stereocenters. The summed E-state index contributed by atoms with van der Waals surface area (Å²) >= 11 is 0. The van der Waals surface area contributed by atoms with Crippen molar-refractivity contribution in [1.82, 2.24) is 15.5 Å². The summed E-state index contributed by atoms with van der Waals surface area (Å²) in [6, 6.07) is 5.79. The summed E-state index contributed by atoms with van der Waals surface area (Å²) in [6.45, 7) is 0.455. The van der Waals surface area contributed by atoms with Gasteiger partial charge in [0.1, 0.15) is 0 Å². The van der Waals surface area contributed by atoms with Gasteiger partial charge in [-0.2, -0.15) is 13.2 Å². The van der Waals surface area contributed by atoms with Gasteiger partial charge in [0.25, 0.3) is 0 Å². The molecule has 2 N–H and O–H groups in total. The van der Waals surface area contributed by atoms with Crippen molar-refractivity contribution in [2.45, 2.75) is 50.9 Å². The lowest BCUT2D eigenvalue weighted by Crippen LogP contribution is -2.39. The standard InChI is InChI=1S/C21H33F3N4O2.HI/c1-25-20(26-12-7-13-28(2)15-21(22,23)24)27-14-16-8-6-11-18(29-3)19(16)30-17-9-4-5-10-17;/h6,8,11,17H,4-5,7,9-10,12-15H2,1-3H3,(H2,25,26,27);1H. The lowest BCUT2D eigenvalue weighted by Gasteiger charge is -2.20. The molecule has 0 amide bonds. The van der Waals surface area contributed by atoms with Gasteiger partial charge in [0.05, 0.1) is 19.8 Å². The fourth-order valence-electron chi connectivity index (χ4n) is 3.51. The van der Waals surface area contributed by atoms with Crippen molar-refractivity contribution in [3.63, 3.8) is 0 Å². The lowest BCUT2D eigenvalue weighted by molar-refractivity contribution is -0.143. The zero-order valence-electron chi connectivity index (χ0n) is 18.4. The molecule has 1 aliphatic carbocycles. The highest BCUT2D eigenvalue weighted by atomic mass is 127. The predicted molar refractivity (Wildman–Crippen MR) is 128 cm³/mol. The van der Waals surface area contributed by atoms with E-state index >= 15 is 0 Å². The number of hydrogen-bond acceptors (Lipinski definition) is 4. The van der Waals surface area contributed by atoms with Crippen molar-refractivity contribution in [1.29, 1.82) is 0 Å². The molecule has 0 heterocycles. The van der Waals surface area contributed by atoms with Crippen LogP contribution in [0.5, 0.6) is 11.5 Å². The molecule has 1 fully saturated rings. The van der Waals surface area contributed by atoms with Gasteiger partial charge >= 0.3 is 6.18 Å². The number of nitrogens with zero attached hydrogens (tertiary/aromatic N) is 2. The van der Waals surface area contributed by atoms with Crippen LogP contribution in [0.25, 0.3) is 0 Å². The lowest BCUT2D eigenvalue weighted by atomic mass is 10.1. The zero-order valence-corrected chi connectivity index (χ0v) is 20.8. The topological polar surface area (TPSA) is 58.1 Å². The number of methoxy groups -OCH3 is 1. The Morgan fingerprint density at radius 3 is 2.55 bits per heavy atom. The van der Waals surface area contributed by atoms with Gasteiger partial charge < -0.3 is 20.1 Å². The Bertz CT molecular complexity index is 683. The van der Waals surface area contributed by atoms with Crippen molar-refractivity contribution in [3.8, 4) is 11.5 Å². The molecule has 0 radical (unpaired) electrons. The van der Waals surface area contributed by atoms with Gasteiger partial charge in [-0.05, 0) is 51.8 Å². The van der Waals surface area contributed by atoms with E-state index in [1.165, 1.54) is 24.8 Å². The van der Waals surface area contributed by atoms with E-state index in [0.717, 1.165) is 24.2 Å². The van der Waals surface area contributed by atoms with Crippen molar-refractivity contribution < 1.29 is 22.6 Å². The molecule has 0 unspecified atom stereocenters. The van der Waals surface area contributed by atoms with E-state index < -0.39 is 12.7 Å². The van der Waals surface area contributed by atoms with Crippen LogP contribution in [-0.2, 0) is 6.54 Å². The van der Waals surface area contributed by atoms with E-state index in [0.29, 0.717) is 37.8 Å². The first-order valence-electron chi connectivity index (χ1n) is 10.3. The van der Waals surface area contributed by atoms with Gasteiger partial charge in [0, 0.05) is 25.7 Å². The Morgan fingerprint density at radius 1 is 1.23 bits per heavy atom. The summed E-state index contributed by atoms with van der Waals surface area (Å²) in [5, 5.41) is 6.38. The predicted octanol–water partition coefficient (Wildman–Crippen LogP) is 4.18. The molecule has 10 heteroatoms. The largest absolute Gasteiger partial charge is 0.493 e. The first kappa shape index (κ1) is 27.6. The van der Waals surface area contributed by atoms with E-state index in [1.54, 1.807) is 14.2 Å². The summed E-state index contributed by atoms with van der Waals surface area (Å²) in [7, 11) is 4.76. The van der Waals surface area contributed by atoms with Crippen molar-refractivity contribution in [2.24, 2.45) is 4.99 Å². The molecule has 1 aliphatic rings. The number of hydrogen-bond donors (Lipinski definition) is 2. The number of ether oxygens (including phenoxy) is 2. The first-order chi connectivity index (χ1) is 14.3. The molecule has 0 spiro atoms.